The molecule has 0 spiro atoms. The monoisotopic (exact) mass is 214 g/mol. The van der Waals surface area contributed by atoms with Crippen LogP contribution < -0.4 is 5.48 Å². The zero-order valence-electron chi connectivity index (χ0n) is 6.62. The Hall–Kier alpha value is -0.710. The zero-order valence-corrected chi connectivity index (χ0v) is 8.19. The minimum absolute atomic E-state index is 0.555. The van der Waals surface area contributed by atoms with Gasteiger partial charge in [0, 0.05) is 9.92 Å². The second kappa shape index (κ2) is 3.57. The van der Waals surface area contributed by atoms with Crippen molar-refractivity contribution in [3.05, 3.63) is 23.2 Å². The number of hydrogen-bond acceptors (Lipinski definition) is 4. The molecule has 0 fully saturated rings. The second-order valence-corrected chi connectivity index (χ2v) is 4.02. The van der Waals surface area contributed by atoms with Crippen molar-refractivity contribution in [2.75, 3.05) is 5.75 Å². The number of nitrogens with zero attached hydrogens (tertiary/aromatic N) is 1. The number of amidine groups is 1. The molecule has 1 aliphatic heterocycles. The van der Waals surface area contributed by atoms with Crippen molar-refractivity contribution in [1.29, 1.82) is 0 Å². The maximum atomic E-state index is 8.66. The molecule has 2 N–H and O–H groups in total. The lowest BCUT2D eigenvalue weighted by Crippen LogP contribution is -2.22. The van der Waals surface area contributed by atoms with E-state index in [-0.39, 0.29) is 0 Å². The lowest BCUT2D eigenvalue weighted by Gasteiger charge is -2.13. The highest BCUT2D eigenvalue weighted by molar-refractivity contribution is 8.00. The van der Waals surface area contributed by atoms with Gasteiger partial charge in [-0.05, 0) is 18.2 Å². The van der Waals surface area contributed by atoms with Crippen LogP contribution in [0.1, 0.15) is 0 Å². The van der Waals surface area contributed by atoms with Gasteiger partial charge in [-0.1, -0.05) is 11.6 Å². The SMILES string of the molecule is ONC1=Nc2cc(Cl)ccc2SC1. The van der Waals surface area contributed by atoms with Gasteiger partial charge in [0.1, 0.15) is 5.84 Å². The third-order valence-corrected chi connectivity index (χ3v) is 2.98. The fourth-order valence-corrected chi connectivity index (χ4v) is 2.09. The number of rotatable bonds is 0. The molecule has 13 heavy (non-hydrogen) atoms. The van der Waals surface area contributed by atoms with Crippen LogP contribution in [-0.2, 0) is 0 Å². The van der Waals surface area contributed by atoms with E-state index in [1.807, 2.05) is 12.1 Å². The van der Waals surface area contributed by atoms with E-state index < -0.39 is 0 Å². The fraction of sp³-hybridized carbons (Fsp3) is 0.125. The van der Waals surface area contributed by atoms with E-state index in [0.717, 1.165) is 10.6 Å². The largest absolute Gasteiger partial charge is 0.290 e. The van der Waals surface area contributed by atoms with Crippen LogP contribution >= 0.6 is 23.4 Å². The highest BCUT2D eigenvalue weighted by atomic mass is 35.5. The number of fused-ring (bicyclic) bond motifs is 1. The minimum Gasteiger partial charge on any atom is -0.290 e. The van der Waals surface area contributed by atoms with Gasteiger partial charge in [-0.25, -0.2) is 4.99 Å². The van der Waals surface area contributed by atoms with Gasteiger partial charge in [-0.3, -0.25) is 10.7 Å². The molecular formula is C8H7ClN2OS. The normalized spacial score (nSPS) is 14.8. The van der Waals surface area contributed by atoms with Crippen molar-refractivity contribution in [2.45, 2.75) is 4.90 Å². The summed E-state index contributed by atoms with van der Waals surface area (Å²) >= 11 is 7.42. The Morgan fingerprint density at radius 1 is 1.54 bits per heavy atom. The first-order chi connectivity index (χ1) is 6.29. The quantitative estimate of drug-likeness (QED) is 0.652. The van der Waals surface area contributed by atoms with Crippen LogP contribution in [0.4, 0.5) is 5.69 Å². The number of hydroxylamine groups is 1. The molecule has 0 amide bonds. The molecule has 5 heteroatoms. The van der Waals surface area contributed by atoms with Crippen molar-refractivity contribution in [2.24, 2.45) is 4.99 Å². The van der Waals surface area contributed by atoms with Gasteiger partial charge in [0.25, 0.3) is 0 Å². The number of hydrogen-bond donors (Lipinski definition) is 2. The van der Waals surface area contributed by atoms with Crippen LogP contribution in [0, 0.1) is 0 Å². The van der Waals surface area contributed by atoms with Gasteiger partial charge in [0.15, 0.2) is 0 Å². The van der Waals surface area contributed by atoms with Crippen molar-refractivity contribution < 1.29 is 5.21 Å². The maximum Gasteiger partial charge on any atom is 0.136 e. The predicted molar refractivity (Wildman–Crippen MR) is 54.2 cm³/mol. The summed E-state index contributed by atoms with van der Waals surface area (Å²) < 4.78 is 0. The average Bonchev–Trinajstić information content (AvgIpc) is 2.16. The molecule has 1 aromatic rings. The number of thioether (sulfide) groups is 1. The molecular weight excluding hydrogens is 208 g/mol. The summed E-state index contributed by atoms with van der Waals surface area (Å²) in [6.45, 7) is 0. The van der Waals surface area contributed by atoms with E-state index >= 15 is 0 Å². The van der Waals surface area contributed by atoms with Crippen LogP contribution in [0.15, 0.2) is 28.1 Å². The third kappa shape index (κ3) is 1.80. The summed E-state index contributed by atoms with van der Waals surface area (Å²) in [7, 11) is 0. The third-order valence-electron chi connectivity index (χ3n) is 1.67. The summed E-state index contributed by atoms with van der Waals surface area (Å²) in [6.07, 6.45) is 0. The number of nitrogens with one attached hydrogen (secondary N) is 1. The van der Waals surface area contributed by atoms with Gasteiger partial charge in [-0.2, -0.15) is 0 Å². The van der Waals surface area contributed by atoms with E-state index in [2.05, 4.69) is 10.5 Å². The number of halogens is 1. The van der Waals surface area contributed by atoms with Crippen LogP contribution in [0.25, 0.3) is 0 Å². The standard InChI is InChI=1S/C8H7ClN2OS/c9-5-1-2-7-6(3-5)10-8(11-12)4-13-7/h1-3,12H,4H2,(H,10,11). The smallest absolute Gasteiger partial charge is 0.136 e. The molecule has 0 saturated carbocycles. The molecule has 0 aliphatic carbocycles. The minimum atomic E-state index is 0.555. The molecule has 2 rings (SSSR count). The number of benzene rings is 1. The van der Waals surface area contributed by atoms with Gasteiger partial charge >= 0.3 is 0 Å². The Morgan fingerprint density at radius 2 is 2.38 bits per heavy atom. The second-order valence-electron chi connectivity index (χ2n) is 2.57. The van der Waals surface area contributed by atoms with Gasteiger partial charge < -0.3 is 0 Å². The molecule has 1 heterocycles. The molecule has 0 bridgehead atoms. The lowest BCUT2D eigenvalue weighted by molar-refractivity contribution is 0.234. The van der Waals surface area contributed by atoms with Crippen molar-refractivity contribution >= 4 is 34.9 Å². The number of aliphatic imine (C=N–C) groups is 1. The van der Waals surface area contributed by atoms with Crippen LogP contribution in [0.3, 0.4) is 0 Å². The molecule has 0 atom stereocenters. The van der Waals surface area contributed by atoms with Crippen LogP contribution in [0.2, 0.25) is 5.02 Å². The predicted octanol–water partition coefficient (Wildman–Crippen LogP) is 2.45. The first-order valence-corrected chi connectivity index (χ1v) is 5.06. The summed E-state index contributed by atoms with van der Waals surface area (Å²) in [5.74, 6) is 1.21. The molecule has 1 aliphatic rings. The van der Waals surface area contributed by atoms with Gasteiger partial charge in [0.05, 0.1) is 11.4 Å². The molecule has 1 aromatic carbocycles. The summed E-state index contributed by atoms with van der Waals surface area (Å²) in [5.41, 5.74) is 2.86. The van der Waals surface area contributed by atoms with Crippen molar-refractivity contribution in [3.63, 3.8) is 0 Å². The van der Waals surface area contributed by atoms with E-state index in [1.54, 1.807) is 17.8 Å². The van der Waals surface area contributed by atoms with E-state index in [0.29, 0.717) is 16.6 Å². The topological polar surface area (TPSA) is 44.6 Å². The van der Waals surface area contributed by atoms with E-state index in [4.69, 9.17) is 16.8 Å². The van der Waals surface area contributed by atoms with Crippen LogP contribution in [0.5, 0.6) is 0 Å². The summed E-state index contributed by atoms with van der Waals surface area (Å²) in [4.78, 5) is 5.26. The molecule has 0 aromatic heterocycles. The van der Waals surface area contributed by atoms with E-state index in [9.17, 15) is 0 Å². The van der Waals surface area contributed by atoms with Gasteiger partial charge in [0.2, 0.25) is 0 Å². The van der Waals surface area contributed by atoms with Crippen molar-refractivity contribution in [1.82, 2.24) is 5.48 Å². The Kier molecular flexibility index (Phi) is 2.44. The Bertz CT molecular complexity index is 367. The molecule has 0 unspecified atom stereocenters. The summed E-state index contributed by atoms with van der Waals surface area (Å²) in [6, 6.07) is 5.54. The maximum absolute atomic E-state index is 8.66. The Balaban J connectivity index is 2.44. The molecule has 0 saturated heterocycles. The van der Waals surface area contributed by atoms with Crippen molar-refractivity contribution in [3.8, 4) is 0 Å². The Morgan fingerprint density at radius 3 is 3.15 bits per heavy atom. The Labute approximate surface area is 84.8 Å². The fourth-order valence-electron chi connectivity index (χ4n) is 1.08. The summed E-state index contributed by atoms with van der Waals surface area (Å²) in [5, 5.41) is 9.31. The van der Waals surface area contributed by atoms with E-state index in [1.165, 1.54) is 0 Å². The first kappa shape index (κ1) is 8.87. The van der Waals surface area contributed by atoms with Gasteiger partial charge in [-0.15, -0.1) is 11.8 Å². The first-order valence-electron chi connectivity index (χ1n) is 3.69. The zero-order chi connectivity index (χ0) is 9.26. The average molecular weight is 215 g/mol. The highest BCUT2D eigenvalue weighted by Gasteiger charge is 2.11. The highest BCUT2D eigenvalue weighted by Crippen LogP contribution is 2.35. The molecule has 0 radical (unpaired) electrons. The molecule has 68 valence electrons. The van der Waals surface area contributed by atoms with Crippen LogP contribution in [-0.4, -0.2) is 16.8 Å². The molecule has 3 nitrogen and oxygen atoms in total. The lowest BCUT2D eigenvalue weighted by atomic mass is 10.3.